The Morgan fingerprint density at radius 3 is 3.00 bits per heavy atom. The lowest BCUT2D eigenvalue weighted by atomic mass is 10.1. The Morgan fingerprint density at radius 2 is 2.26 bits per heavy atom. The van der Waals surface area contributed by atoms with Crippen molar-refractivity contribution in [2.24, 2.45) is 0 Å². The van der Waals surface area contributed by atoms with Gasteiger partial charge in [0.05, 0.1) is 5.56 Å². The van der Waals surface area contributed by atoms with E-state index in [1.807, 2.05) is 18.0 Å². The summed E-state index contributed by atoms with van der Waals surface area (Å²) in [6.07, 6.45) is 4.36. The maximum atomic E-state index is 12.7. The van der Waals surface area contributed by atoms with Crippen LogP contribution in [0, 0.1) is 0 Å². The molecular formula is C14H22N4O. The molecule has 0 bridgehead atoms. The summed E-state index contributed by atoms with van der Waals surface area (Å²) in [4.78, 5) is 21.0. The number of nitrogens with one attached hydrogen (secondary N) is 1. The molecule has 1 atom stereocenters. The summed E-state index contributed by atoms with van der Waals surface area (Å²) >= 11 is 0. The minimum absolute atomic E-state index is 0.0697. The third-order valence-electron chi connectivity index (χ3n) is 3.63. The molecule has 2 heterocycles. The van der Waals surface area contributed by atoms with Crippen molar-refractivity contribution in [2.75, 3.05) is 39.0 Å². The number of aromatic nitrogens is 1. The van der Waals surface area contributed by atoms with Gasteiger partial charge in [0.1, 0.15) is 0 Å². The number of amides is 1. The molecule has 1 saturated heterocycles. The van der Waals surface area contributed by atoms with E-state index in [2.05, 4.69) is 29.2 Å². The van der Waals surface area contributed by atoms with Crippen molar-refractivity contribution in [1.29, 1.82) is 0 Å². The molecule has 1 aliphatic rings. The van der Waals surface area contributed by atoms with Gasteiger partial charge >= 0.3 is 0 Å². The van der Waals surface area contributed by atoms with E-state index in [9.17, 15) is 4.79 Å². The molecule has 0 spiro atoms. The van der Waals surface area contributed by atoms with E-state index in [0.717, 1.165) is 31.7 Å². The summed E-state index contributed by atoms with van der Waals surface area (Å²) < 4.78 is 0. The molecule has 104 valence electrons. The maximum absolute atomic E-state index is 12.7. The number of hydrogen-bond acceptors (Lipinski definition) is 4. The molecule has 0 radical (unpaired) electrons. The van der Waals surface area contributed by atoms with Gasteiger partial charge < -0.3 is 15.1 Å². The summed E-state index contributed by atoms with van der Waals surface area (Å²) in [6.45, 7) is 4.87. The first-order valence-electron chi connectivity index (χ1n) is 6.74. The summed E-state index contributed by atoms with van der Waals surface area (Å²) in [7, 11) is 3.93. The number of anilines is 1. The second-order valence-corrected chi connectivity index (χ2v) is 5.13. The number of carbonyl (C=O) groups excluding carboxylic acids is 1. The fraction of sp³-hybridized carbons (Fsp3) is 0.571. The molecule has 1 N–H and O–H groups in total. The van der Waals surface area contributed by atoms with Crippen molar-refractivity contribution in [1.82, 2.24) is 14.8 Å². The van der Waals surface area contributed by atoms with Gasteiger partial charge in [-0.1, -0.05) is 0 Å². The third-order valence-corrected chi connectivity index (χ3v) is 3.63. The van der Waals surface area contributed by atoms with Crippen LogP contribution in [-0.2, 0) is 0 Å². The van der Waals surface area contributed by atoms with E-state index in [-0.39, 0.29) is 11.9 Å². The fourth-order valence-electron chi connectivity index (χ4n) is 2.61. The van der Waals surface area contributed by atoms with E-state index >= 15 is 0 Å². The fourth-order valence-corrected chi connectivity index (χ4v) is 2.61. The predicted molar refractivity (Wildman–Crippen MR) is 76.4 cm³/mol. The number of pyridine rings is 1. The Kier molecular flexibility index (Phi) is 4.37. The topological polar surface area (TPSA) is 48.5 Å². The van der Waals surface area contributed by atoms with Crippen molar-refractivity contribution in [3.63, 3.8) is 0 Å². The second kappa shape index (κ2) is 6.02. The van der Waals surface area contributed by atoms with E-state index in [1.54, 1.807) is 12.4 Å². The Morgan fingerprint density at radius 1 is 1.47 bits per heavy atom. The first-order chi connectivity index (χ1) is 9.13. The van der Waals surface area contributed by atoms with Gasteiger partial charge in [-0.05, 0) is 33.0 Å². The van der Waals surface area contributed by atoms with Crippen LogP contribution in [0.25, 0.3) is 0 Å². The van der Waals surface area contributed by atoms with E-state index in [4.69, 9.17) is 0 Å². The average Bonchev–Trinajstić information content (AvgIpc) is 2.58. The van der Waals surface area contributed by atoms with E-state index < -0.39 is 0 Å². The zero-order valence-corrected chi connectivity index (χ0v) is 11.9. The Balaban J connectivity index is 2.22. The monoisotopic (exact) mass is 262 g/mol. The summed E-state index contributed by atoms with van der Waals surface area (Å²) in [5.74, 6) is 0.0697. The molecule has 1 unspecified atom stereocenters. The lowest BCUT2D eigenvalue weighted by molar-refractivity contribution is 0.0697. The lowest BCUT2D eigenvalue weighted by Gasteiger charge is -2.28. The molecule has 0 aliphatic carbocycles. The van der Waals surface area contributed by atoms with Crippen LogP contribution in [0.2, 0.25) is 0 Å². The molecule has 5 heteroatoms. The molecule has 1 amide bonds. The number of nitrogens with zero attached hydrogens (tertiary/aromatic N) is 3. The molecule has 19 heavy (non-hydrogen) atoms. The second-order valence-electron chi connectivity index (χ2n) is 5.13. The number of rotatable bonds is 2. The summed E-state index contributed by atoms with van der Waals surface area (Å²) in [5, 5.41) is 3.06. The Hall–Kier alpha value is -1.62. The van der Waals surface area contributed by atoms with Gasteiger partial charge in [-0.2, -0.15) is 0 Å². The van der Waals surface area contributed by atoms with Crippen LogP contribution in [0.5, 0.6) is 0 Å². The highest BCUT2D eigenvalue weighted by Crippen LogP contribution is 2.18. The highest BCUT2D eigenvalue weighted by Gasteiger charge is 2.26. The molecule has 2 rings (SSSR count). The standard InChI is InChI=1S/C14H22N4O/c1-11-10-17(3)7-4-8-18(11)14(19)12-9-16-6-5-13(12)15-2/h5-6,9,11H,4,7-8,10H2,1-3H3,(H,15,16). The normalized spacial score (nSPS) is 21.0. The predicted octanol–water partition coefficient (Wildman–Crippen LogP) is 1.29. The van der Waals surface area contributed by atoms with Crippen LogP contribution >= 0.6 is 0 Å². The van der Waals surface area contributed by atoms with Gasteiger partial charge in [0.25, 0.3) is 5.91 Å². The highest BCUT2D eigenvalue weighted by atomic mass is 16.2. The van der Waals surface area contributed by atoms with Crippen molar-refractivity contribution < 1.29 is 4.79 Å². The molecule has 1 aromatic heterocycles. The van der Waals surface area contributed by atoms with Crippen LogP contribution in [-0.4, -0.2) is 60.5 Å². The molecule has 0 saturated carbocycles. The third kappa shape index (κ3) is 3.04. The number of carbonyl (C=O) groups is 1. The van der Waals surface area contributed by atoms with Gasteiger partial charge in [0, 0.05) is 44.3 Å². The zero-order chi connectivity index (χ0) is 13.8. The van der Waals surface area contributed by atoms with Crippen molar-refractivity contribution in [3.05, 3.63) is 24.0 Å². The van der Waals surface area contributed by atoms with Gasteiger partial charge in [0.2, 0.25) is 0 Å². The summed E-state index contributed by atoms with van der Waals surface area (Å²) in [6, 6.07) is 2.06. The first kappa shape index (κ1) is 13.8. The Labute approximate surface area is 114 Å². The quantitative estimate of drug-likeness (QED) is 0.872. The van der Waals surface area contributed by atoms with Crippen LogP contribution < -0.4 is 5.32 Å². The number of likely N-dealkylation sites (N-methyl/N-ethyl adjacent to an activating group) is 1. The largest absolute Gasteiger partial charge is 0.387 e. The van der Waals surface area contributed by atoms with Gasteiger partial charge in [-0.25, -0.2) is 0 Å². The first-order valence-corrected chi connectivity index (χ1v) is 6.74. The molecule has 5 nitrogen and oxygen atoms in total. The van der Waals surface area contributed by atoms with Gasteiger partial charge in [-0.15, -0.1) is 0 Å². The van der Waals surface area contributed by atoms with Crippen molar-refractivity contribution in [2.45, 2.75) is 19.4 Å². The van der Waals surface area contributed by atoms with Crippen LogP contribution in [0.3, 0.4) is 0 Å². The molecular weight excluding hydrogens is 240 g/mol. The van der Waals surface area contributed by atoms with Crippen molar-refractivity contribution in [3.8, 4) is 0 Å². The smallest absolute Gasteiger partial charge is 0.257 e. The molecule has 0 aromatic carbocycles. The molecule has 1 aliphatic heterocycles. The minimum Gasteiger partial charge on any atom is -0.387 e. The highest BCUT2D eigenvalue weighted by molar-refractivity contribution is 5.99. The SMILES string of the molecule is CNc1ccncc1C(=O)N1CCCN(C)CC1C. The van der Waals surface area contributed by atoms with Crippen LogP contribution in [0.1, 0.15) is 23.7 Å². The molecule has 1 fully saturated rings. The van der Waals surface area contributed by atoms with Crippen molar-refractivity contribution >= 4 is 11.6 Å². The van der Waals surface area contributed by atoms with Gasteiger partial charge in [-0.3, -0.25) is 9.78 Å². The lowest BCUT2D eigenvalue weighted by Crippen LogP contribution is -2.42. The summed E-state index contributed by atoms with van der Waals surface area (Å²) in [5.41, 5.74) is 1.49. The van der Waals surface area contributed by atoms with Gasteiger partial charge in [0.15, 0.2) is 0 Å². The Bertz CT molecular complexity index is 449. The number of hydrogen-bond donors (Lipinski definition) is 1. The van der Waals surface area contributed by atoms with E-state index in [1.165, 1.54) is 0 Å². The van der Waals surface area contributed by atoms with E-state index in [0.29, 0.717) is 5.56 Å². The van der Waals surface area contributed by atoms with Crippen LogP contribution in [0.4, 0.5) is 5.69 Å². The average molecular weight is 262 g/mol. The minimum atomic E-state index is 0.0697. The van der Waals surface area contributed by atoms with Crippen LogP contribution in [0.15, 0.2) is 18.5 Å². The molecule has 1 aromatic rings. The zero-order valence-electron chi connectivity index (χ0n) is 11.9. The maximum Gasteiger partial charge on any atom is 0.257 e.